The first-order valence-electron chi connectivity index (χ1n) is 4.36. The third kappa shape index (κ3) is 2.25. The molecule has 8 heteroatoms. The highest BCUT2D eigenvalue weighted by Crippen LogP contribution is 2.30. The van der Waals surface area contributed by atoms with Crippen LogP contribution in [0.15, 0.2) is 11.6 Å². The Labute approximate surface area is 94.8 Å². The molecular weight excluding hydrogens is 236 g/mol. The van der Waals surface area contributed by atoms with Crippen LogP contribution in [0.5, 0.6) is 0 Å². The van der Waals surface area contributed by atoms with E-state index in [-0.39, 0.29) is 6.42 Å². The predicted octanol–water partition coefficient (Wildman–Crippen LogP) is -0.352. The van der Waals surface area contributed by atoms with Crippen molar-refractivity contribution < 1.29 is 39.6 Å². The van der Waals surface area contributed by atoms with Crippen molar-refractivity contribution in [1.82, 2.24) is 0 Å². The summed E-state index contributed by atoms with van der Waals surface area (Å²) in [5.41, 5.74) is -4.70. The Bertz CT molecular complexity index is 369. The Morgan fingerprint density at radius 3 is 1.47 bits per heavy atom. The summed E-state index contributed by atoms with van der Waals surface area (Å²) in [7, 11) is 0. The lowest BCUT2D eigenvalue weighted by Crippen LogP contribution is -2.49. The first-order chi connectivity index (χ1) is 7.72. The van der Waals surface area contributed by atoms with E-state index in [2.05, 4.69) is 0 Å². The fourth-order valence-corrected chi connectivity index (χ4v) is 1.22. The van der Waals surface area contributed by atoms with Gasteiger partial charge in [0.25, 0.3) is 5.41 Å². The maximum atomic E-state index is 10.9. The summed E-state index contributed by atoms with van der Waals surface area (Å²) >= 11 is 0. The third-order valence-corrected chi connectivity index (χ3v) is 2.01. The number of carboxylic acids is 4. The fourth-order valence-electron chi connectivity index (χ4n) is 1.22. The molecular formula is C9H10O8. The van der Waals surface area contributed by atoms with Crippen molar-refractivity contribution in [2.24, 2.45) is 5.41 Å². The summed E-state index contributed by atoms with van der Waals surface area (Å²) in [4.78, 5) is 43.4. The van der Waals surface area contributed by atoms with E-state index in [0.717, 1.165) is 6.08 Å². The molecule has 17 heavy (non-hydrogen) atoms. The molecule has 0 aliphatic rings. The van der Waals surface area contributed by atoms with E-state index in [9.17, 15) is 19.2 Å². The molecule has 0 unspecified atom stereocenters. The Kier molecular flexibility index (Phi) is 4.39. The van der Waals surface area contributed by atoms with E-state index in [1.165, 1.54) is 6.92 Å². The minimum absolute atomic E-state index is 0.0166. The average Bonchev–Trinajstić information content (AvgIpc) is 2.15. The van der Waals surface area contributed by atoms with Crippen molar-refractivity contribution in [1.29, 1.82) is 0 Å². The second-order valence-electron chi connectivity index (χ2n) is 3.00. The summed E-state index contributed by atoms with van der Waals surface area (Å²) in [6.45, 7) is 1.42. The van der Waals surface area contributed by atoms with Crippen molar-refractivity contribution in [3.05, 3.63) is 11.6 Å². The molecule has 0 radical (unpaired) electrons. The van der Waals surface area contributed by atoms with Gasteiger partial charge in [0.2, 0.25) is 0 Å². The molecule has 8 nitrogen and oxygen atoms in total. The van der Waals surface area contributed by atoms with Crippen LogP contribution >= 0.6 is 0 Å². The molecule has 94 valence electrons. The molecule has 0 aromatic carbocycles. The molecule has 0 aromatic rings. The van der Waals surface area contributed by atoms with Gasteiger partial charge in [-0.3, -0.25) is 0 Å². The topological polar surface area (TPSA) is 149 Å². The molecule has 4 N–H and O–H groups in total. The number of allylic oxidation sites excluding steroid dienone is 1. The minimum Gasteiger partial charge on any atom is -0.480 e. The number of hydrogen-bond donors (Lipinski definition) is 4. The largest absolute Gasteiger partial charge is 0.480 e. The summed E-state index contributed by atoms with van der Waals surface area (Å²) < 4.78 is 0. The van der Waals surface area contributed by atoms with Crippen LogP contribution in [0.2, 0.25) is 0 Å². The van der Waals surface area contributed by atoms with Crippen LogP contribution in [0.4, 0.5) is 0 Å². The van der Waals surface area contributed by atoms with Gasteiger partial charge in [-0.25, -0.2) is 19.2 Å². The molecule has 0 saturated heterocycles. The van der Waals surface area contributed by atoms with Gasteiger partial charge in [0, 0.05) is 0 Å². The second kappa shape index (κ2) is 5.10. The molecule has 0 rings (SSSR count). The van der Waals surface area contributed by atoms with Crippen LogP contribution in [0.1, 0.15) is 13.3 Å². The molecule has 0 saturated carbocycles. The fraction of sp³-hybridized carbons (Fsp3) is 0.333. The zero-order valence-electron chi connectivity index (χ0n) is 8.71. The molecule has 0 fully saturated rings. The normalized spacial score (nSPS) is 11.9. The van der Waals surface area contributed by atoms with Crippen LogP contribution < -0.4 is 0 Å². The summed E-state index contributed by atoms with van der Waals surface area (Å²) in [6, 6.07) is 0. The molecule has 0 aliphatic carbocycles. The van der Waals surface area contributed by atoms with E-state index in [0.29, 0.717) is 0 Å². The third-order valence-electron chi connectivity index (χ3n) is 2.01. The number of carbonyl (C=O) groups is 4. The summed E-state index contributed by atoms with van der Waals surface area (Å²) in [5.74, 6) is -8.70. The summed E-state index contributed by atoms with van der Waals surface area (Å²) in [5, 5.41) is 35.0. The molecule has 0 aromatic heterocycles. The van der Waals surface area contributed by atoms with E-state index in [4.69, 9.17) is 20.4 Å². The molecule has 0 spiro atoms. The van der Waals surface area contributed by atoms with Gasteiger partial charge in [0.1, 0.15) is 0 Å². The van der Waals surface area contributed by atoms with Gasteiger partial charge in [-0.1, -0.05) is 13.0 Å². The predicted molar refractivity (Wildman–Crippen MR) is 51.4 cm³/mol. The number of carboxylic acid groups (broad SMARTS) is 4. The van der Waals surface area contributed by atoms with Crippen molar-refractivity contribution in [2.75, 3.05) is 0 Å². The maximum absolute atomic E-state index is 10.9. The van der Waals surface area contributed by atoms with E-state index in [1.54, 1.807) is 0 Å². The van der Waals surface area contributed by atoms with Crippen LogP contribution in [-0.4, -0.2) is 44.3 Å². The lowest BCUT2D eigenvalue weighted by molar-refractivity contribution is -0.174. The van der Waals surface area contributed by atoms with E-state index < -0.39 is 34.9 Å². The van der Waals surface area contributed by atoms with Crippen LogP contribution in [-0.2, 0) is 19.2 Å². The molecule has 0 heterocycles. The van der Waals surface area contributed by atoms with Gasteiger partial charge in [-0.2, -0.15) is 0 Å². The van der Waals surface area contributed by atoms with Gasteiger partial charge in [-0.05, 0) is 6.42 Å². The second-order valence-corrected chi connectivity index (χ2v) is 3.00. The zero-order valence-corrected chi connectivity index (χ0v) is 8.71. The first-order valence-corrected chi connectivity index (χ1v) is 4.36. The Hall–Kier alpha value is -2.38. The molecule has 0 atom stereocenters. The Morgan fingerprint density at radius 1 is 0.941 bits per heavy atom. The van der Waals surface area contributed by atoms with Gasteiger partial charge < -0.3 is 20.4 Å². The lowest BCUT2D eigenvalue weighted by atomic mass is 9.79. The average molecular weight is 246 g/mol. The van der Waals surface area contributed by atoms with Crippen molar-refractivity contribution >= 4 is 23.9 Å². The van der Waals surface area contributed by atoms with Gasteiger partial charge in [0.05, 0.1) is 5.57 Å². The van der Waals surface area contributed by atoms with Crippen molar-refractivity contribution in [3.8, 4) is 0 Å². The Balaban J connectivity index is 6.18. The quantitative estimate of drug-likeness (QED) is 0.366. The maximum Gasteiger partial charge on any atom is 0.337 e. The Morgan fingerprint density at radius 2 is 1.29 bits per heavy atom. The highest BCUT2D eigenvalue weighted by Gasteiger charge is 2.59. The minimum atomic E-state index is -3.50. The zero-order chi connectivity index (χ0) is 13.8. The van der Waals surface area contributed by atoms with Crippen LogP contribution in [0.25, 0.3) is 0 Å². The standard InChI is InChI=1S/C9H10O8/c1-2-3-4(5(10)11)9(6(12)13,7(14)15)8(16)17/h3H,2H2,1H3,(H,10,11)(H,12,13)(H,14,15)(H,16,17). The van der Waals surface area contributed by atoms with Gasteiger partial charge >= 0.3 is 23.9 Å². The number of hydrogen-bond acceptors (Lipinski definition) is 4. The monoisotopic (exact) mass is 246 g/mol. The van der Waals surface area contributed by atoms with Crippen LogP contribution in [0, 0.1) is 5.41 Å². The summed E-state index contributed by atoms with van der Waals surface area (Å²) in [6.07, 6.45) is 0.732. The SMILES string of the molecule is CCC=C(C(=O)O)C(C(=O)O)(C(=O)O)C(=O)O. The van der Waals surface area contributed by atoms with E-state index >= 15 is 0 Å². The number of aliphatic carboxylic acids is 4. The highest BCUT2D eigenvalue weighted by molar-refractivity contribution is 6.24. The van der Waals surface area contributed by atoms with Crippen LogP contribution in [0.3, 0.4) is 0 Å². The first kappa shape index (κ1) is 14.6. The smallest absolute Gasteiger partial charge is 0.337 e. The molecule has 0 bridgehead atoms. The lowest BCUT2D eigenvalue weighted by Gasteiger charge is -2.20. The van der Waals surface area contributed by atoms with E-state index in [1.807, 2.05) is 0 Å². The van der Waals surface area contributed by atoms with Gasteiger partial charge in [-0.15, -0.1) is 0 Å². The van der Waals surface area contributed by atoms with Gasteiger partial charge in [0.15, 0.2) is 0 Å². The number of rotatable bonds is 6. The van der Waals surface area contributed by atoms with Crippen molar-refractivity contribution in [3.63, 3.8) is 0 Å². The molecule has 0 aliphatic heterocycles. The highest BCUT2D eigenvalue weighted by atomic mass is 16.4. The molecule has 0 amide bonds. The van der Waals surface area contributed by atoms with Crippen molar-refractivity contribution in [2.45, 2.75) is 13.3 Å².